The number of methoxy groups -OCH3 is 1. The largest absolute Gasteiger partial charge is 0.496 e. The van der Waals surface area contributed by atoms with Crippen LogP contribution in [-0.4, -0.2) is 16.5 Å². The van der Waals surface area contributed by atoms with Crippen molar-refractivity contribution >= 4 is 5.65 Å². The molecule has 0 aliphatic carbocycles. The Bertz CT molecular complexity index is 864. The van der Waals surface area contributed by atoms with E-state index in [1.807, 2.05) is 24.3 Å². The summed E-state index contributed by atoms with van der Waals surface area (Å²) < 4.78 is 20.5. The van der Waals surface area contributed by atoms with Crippen molar-refractivity contribution in [3.8, 4) is 11.8 Å². The number of hydrogen-bond acceptors (Lipinski definition) is 3. The van der Waals surface area contributed by atoms with Crippen LogP contribution >= 0.6 is 0 Å². The first-order valence-corrected chi connectivity index (χ1v) is 6.87. The number of halogens is 1. The van der Waals surface area contributed by atoms with Crippen molar-refractivity contribution in [3.63, 3.8) is 0 Å². The van der Waals surface area contributed by atoms with Gasteiger partial charge in [-0.15, -0.1) is 0 Å². The van der Waals surface area contributed by atoms with Gasteiger partial charge >= 0.3 is 0 Å². The highest BCUT2D eigenvalue weighted by Crippen LogP contribution is 2.23. The van der Waals surface area contributed by atoms with Gasteiger partial charge in [-0.05, 0) is 18.2 Å². The van der Waals surface area contributed by atoms with Crippen LogP contribution in [0, 0.1) is 17.1 Å². The zero-order chi connectivity index (χ0) is 15.5. The molecule has 0 aliphatic rings. The Balaban J connectivity index is 2.10. The molecule has 4 nitrogen and oxygen atoms in total. The van der Waals surface area contributed by atoms with Gasteiger partial charge in [0, 0.05) is 18.2 Å². The van der Waals surface area contributed by atoms with E-state index in [0.717, 1.165) is 17.0 Å². The van der Waals surface area contributed by atoms with Gasteiger partial charge in [-0.2, -0.15) is 5.26 Å². The predicted octanol–water partition coefficient (Wildman–Crippen LogP) is 3.14. The Labute approximate surface area is 127 Å². The molecule has 1 aromatic carbocycles. The number of ether oxygens (including phenoxy) is 1. The Morgan fingerprint density at radius 2 is 2.09 bits per heavy atom. The second kappa shape index (κ2) is 5.86. The van der Waals surface area contributed by atoms with Crippen molar-refractivity contribution in [3.05, 3.63) is 65.4 Å². The summed E-state index contributed by atoms with van der Waals surface area (Å²) >= 11 is 0. The number of hydrogen-bond donors (Lipinski definition) is 0. The van der Waals surface area contributed by atoms with Crippen molar-refractivity contribution in [2.75, 3.05) is 7.11 Å². The smallest absolute Gasteiger partial charge is 0.139 e. The molecule has 0 spiro atoms. The highest BCUT2D eigenvalue weighted by atomic mass is 19.1. The zero-order valence-corrected chi connectivity index (χ0v) is 12.1. The van der Waals surface area contributed by atoms with Crippen LogP contribution in [0.5, 0.6) is 5.75 Å². The molecule has 2 heterocycles. The second-order valence-corrected chi connectivity index (χ2v) is 4.90. The van der Waals surface area contributed by atoms with E-state index in [9.17, 15) is 4.39 Å². The lowest BCUT2D eigenvalue weighted by atomic mass is 10.1. The number of benzene rings is 1. The molecule has 22 heavy (non-hydrogen) atoms. The molecule has 0 radical (unpaired) electrons. The van der Waals surface area contributed by atoms with Crippen molar-refractivity contribution < 1.29 is 9.13 Å². The Morgan fingerprint density at radius 1 is 1.27 bits per heavy atom. The van der Waals surface area contributed by atoms with E-state index in [2.05, 4.69) is 11.1 Å². The first-order chi connectivity index (χ1) is 10.7. The van der Waals surface area contributed by atoms with Crippen molar-refractivity contribution in [1.29, 1.82) is 5.26 Å². The van der Waals surface area contributed by atoms with Gasteiger partial charge in [-0.25, -0.2) is 9.37 Å². The molecule has 0 saturated heterocycles. The SMILES string of the molecule is COc1ccccc1Cc1nc2ccc(F)cn2c1CC#N. The Hall–Kier alpha value is -2.87. The summed E-state index contributed by atoms with van der Waals surface area (Å²) in [5.41, 5.74) is 3.09. The van der Waals surface area contributed by atoms with E-state index >= 15 is 0 Å². The Kier molecular flexibility index (Phi) is 3.75. The molecule has 110 valence electrons. The first kappa shape index (κ1) is 14.1. The minimum atomic E-state index is -0.354. The predicted molar refractivity (Wildman–Crippen MR) is 80.3 cm³/mol. The summed E-state index contributed by atoms with van der Waals surface area (Å²) in [5.74, 6) is 0.418. The monoisotopic (exact) mass is 295 g/mol. The number of aromatic nitrogens is 2. The van der Waals surface area contributed by atoms with Gasteiger partial charge in [0.2, 0.25) is 0 Å². The molecule has 0 fully saturated rings. The minimum Gasteiger partial charge on any atom is -0.496 e. The van der Waals surface area contributed by atoms with Crippen LogP contribution in [-0.2, 0) is 12.8 Å². The molecule has 0 N–H and O–H groups in total. The van der Waals surface area contributed by atoms with Gasteiger partial charge in [-0.1, -0.05) is 18.2 Å². The molecular formula is C17H14FN3O. The van der Waals surface area contributed by atoms with E-state index in [1.165, 1.54) is 12.3 Å². The summed E-state index contributed by atoms with van der Waals surface area (Å²) in [6, 6.07) is 12.8. The normalized spacial score (nSPS) is 10.6. The highest BCUT2D eigenvalue weighted by Gasteiger charge is 2.14. The minimum absolute atomic E-state index is 0.176. The average Bonchev–Trinajstić information content (AvgIpc) is 2.85. The third kappa shape index (κ3) is 2.51. The number of imidazole rings is 1. The van der Waals surface area contributed by atoms with E-state index < -0.39 is 0 Å². The van der Waals surface area contributed by atoms with E-state index in [-0.39, 0.29) is 12.2 Å². The van der Waals surface area contributed by atoms with Crippen LogP contribution in [0.15, 0.2) is 42.6 Å². The molecule has 0 atom stereocenters. The highest BCUT2D eigenvalue weighted by molar-refractivity contribution is 5.46. The third-order valence-electron chi connectivity index (χ3n) is 3.56. The number of para-hydroxylation sites is 1. The fourth-order valence-electron chi connectivity index (χ4n) is 2.55. The maximum absolute atomic E-state index is 13.5. The van der Waals surface area contributed by atoms with Gasteiger partial charge in [0.15, 0.2) is 0 Å². The van der Waals surface area contributed by atoms with Crippen LogP contribution in [0.4, 0.5) is 4.39 Å². The number of rotatable bonds is 4. The number of pyridine rings is 1. The molecule has 5 heteroatoms. The topological polar surface area (TPSA) is 50.3 Å². The lowest BCUT2D eigenvalue weighted by Crippen LogP contribution is -1.99. The molecule has 0 amide bonds. The fourth-order valence-corrected chi connectivity index (χ4v) is 2.55. The standard InChI is InChI=1S/C17H14FN3O/c1-22-16-5-3-2-4-12(16)10-14-15(8-9-19)21-11-13(18)6-7-17(21)20-14/h2-7,11H,8,10H2,1H3. The molecule has 2 aromatic heterocycles. The molecular weight excluding hydrogens is 281 g/mol. The van der Waals surface area contributed by atoms with Crippen molar-refractivity contribution in [1.82, 2.24) is 9.38 Å². The molecule has 0 aliphatic heterocycles. The zero-order valence-electron chi connectivity index (χ0n) is 12.1. The summed E-state index contributed by atoms with van der Waals surface area (Å²) in [5, 5.41) is 9.05. The van der Waals surface area contributed by atoms with E-state index in [0.29, 0.717) is 17.8 Å². The lowest BCUT2D eigenvalue weighted by molar-refractivity contribution is 0.410. The van der Waals surface area contributed by atoms with Crippen LogP contribution in [0.2, 0.25) is 0 Å². The summed E-state index contributed by atoms with van der Waals surface area (Å²) in [6.45, 7) is 0. The quantitative estimate of drug-likeness (QED) is 0.743. The lowest BCUT2D eigenvalue weighted by Gasteiger charge is -2.07. The summed E-state index contributed by atoms with van der Waals surface area (Å²) in [7, 11) is 1.62. The van der Waals surface area contributed by atoms with Gasteiger partial charge in [0.1, 0.15) is 17.2 Å². The molecule has 3 rings (SSSR count). The van der Waals surface area contributed by atoms with Crippen LogP contribution in [0.25, 0.3) is 5.65 Å². The van der Waals surface area contributed by atoms with Gasteiger partial charge in [0.05, 0.1) is 31.0 Å². The van der Waals surface area contributed by atoms with Crippen LogP contribution < -0.4 is 4.74 Å². The van der Waals surface area contributed by atoms with Gasteiger partial charge in [0.25, 0.3) is 0 Å². The van der Waals surface area contributed by atoms with E-state index in [1.54, 1.807) is 17.6 Å². The first-order valence-electron chi connectivity index (χ1n) is 6.87. The maximum Gasteiger partial charge on any atom is 0.139 e. The van der Waals surface area contributed by atoms with Crippen molar-refractivity contribution in [2.45, 2.75) is 12.8 Å². The van der Waals surface area contributed by atoms with Crippen LogP contribution in [0.3, 0.4) is 0 Å². The van der Waals surface area contributed by atoms with Crippen molar-refractivity contribution in [2.24, 2.45) is 0 Å². The molecule has 0 bridgehead atoms. The van der Waals surface area contributed by atoms with Gasteiger partial charge in [-0.3, -0.25) is 4.40 Å². The average molecular weight is 295 g/mol. The molecule has 0 saturated carbocycles. The maximum atomic E-state index is 13.5. The van der Waals surface area contributed by atoms with E-state index in [4.69, 9.17) is 10.00 Å². The molecule has 3 aromatic rings. The molecule has 0 unspecified atom stereocenters. The second-order valence-electron chi connectivity index (χ2n) is 4.90. The Morgan fingerprint density at radius 3 is 2.86 bits per heavy atom. The number of nitrogens with zero attached hydrogens (tertiary/aromatic N) is 3. The summed E-state index contributed by atoms with van der Waals surface area (Å²) in [4.78, 5) is 4.53. The van der Waals surface area contributed by atoms with Gasteiger partial charge < -0.3 is 4.74 Å². The third-order valence-corrected chi connectivity index (χ3v) is 3.56. The number of fused-ring (bicyclic) bond motifs is 1. The number of nitriles is 1. The summed E-state index contributed by atoms with van der Waals surface area (Å²) in [6.07, 6.45) is 2.07. The fraction of sp³-hybridized carbons (Fsp3) is 0.176. The van der Waals surface area contributed by atoms with Crippen LogP contribution in [0.1, 0.15) is 17.0 Å².